The van der Waals surface area contributed by atoms with Gasteiger partial charge in [0.05, 0.1) is 16.6 Å². The minimum Gasteiger partial charge on any atom is -0.392 e. The summed E-state index contributed by atoms with van der Waals surface area (Å²) in [7, 11) is 1.64. The second-order valence-corrected chi connectivity index (χ2v) is 5.04. The molecule has 0 aliphatic heterocycles. The van der Waals surface area contributed by atoms with Crippen LogP contribution in [-0.4, -0.2) is 29.4 Å². The van der Waals surface area contributed by atoms with Crippen LogP contribution >= 0.6 is 39.7 Å². The van der Waals surface area contributed by atoms with Crippen molar-refractivity contribution in [1.29, 1.82) is 0 Å². The molecule has 1 aromatic carbocycles. The smallest absolute Gasteiger partial charge is 0.254 e. The SMILES string of the molecule is CN(CC(N)=S)C(=O)c1ccc(Br)c(Cl)c1. The van der Waals surface area contributed by atoms with Gasteiger partial charge in [0.25, 0.3) is 5.91 Å². The zero-order chi connectivity index (χ0) is 12.3. The van der Waals surface area contributed by atoms with E-state index in [-0.39, 0.29) is 17.4 Å². The molecular weight excluding hydrogens is 312 g/mol. The summed E-state index contributed by atoms with van der Waals surface area (Å²) in [6.45, 7) is 0.252. The highest BCUT2D eigenvalue weighted by atomic mass is 79.9. The van der Waals surface area contributed by atoms with Crippen molar-refractivity contribution in [3.63, 3.8) is 0 Å². The lowest BCUT2D eigenvalue weighted by atomic mass is 10.2. The summed E-state index contributed by atoms with van der Waals surface area (Å²) in [5, 5.41) is 0.495. The van der Waals surface area contributed by atoms with E-state index in [0.717, 1.165) is 4.47 Å². The lowest BCUT2D eigenvalue weighted by Gasteiger charge is -2.16. The number of benzene rings is 1. The van der Waals surface area contributed by atoms with Gasteiger partial charge in [-0.3, -0.25) is 4.79 Å². The van der Waals surface area contributed by atoms with E-state index in [1.54, 1.807) is 25.2 Å². The third-order valence-electron chi connectivity index (χ3n) is 1.91. The Morgan fingerprint density at radius 3 is 2.75 bits per heavy atom. The van der Waals surface area contributed by atoms with Crippen molar-refractivity contribution in [3.8, 4) is 0 Å². The van der Waals surface area contributed by atoms with Crippen LogP contribution in [0.4, 0.5) is 0 Å². The molecule has 1 rings (SSSR count). The number of halogens is 2. The van der Waals surface area contributed by atoms with E-state index < -0.39 is 0 Å². The highest BCUT2D eigenvalue weighted by Gasteiger charge is 2.13. The fourth-order valence-electron chi connectivity index (χ4n) is 1.16. The number of amides is 1. The highest BCUT2D eigenvalue weighted by Crippen LogP contribution is 2.23. The van der Waals surface area contributed by atoms with Crippen LogP contribution in [0.25, 0.3) is 0 Å². The Balaban J connectivity index is 2.88. The molecule has 0 aromatic heterocycles. The molecule has 86 valence electrons. The van der Waals surface area contributed by atoms with Gasteiger partial charge in [-0.15, -0.1) is 0 Å². The van der Waals surface area contributed by atoms with E-state index in [9.17, 15) is 4.79 Å². The predicted molar refractivity (Wildman–Crippen MR) is 72.9 cm³/mol. The molecule has 0 atom stereocenters. The zero-order valence-electron chi connectivity index (χ0n) is 8.54. The number of hydrogen-bond acceptors (Lipinski definition) is 2. The molecule has 0 aliphatic carbocycles. The van der Waals surface area contributed by atoms with Crippen LogP contribution in [0.2, 0.25) is 5.02 Å². The van der Waals surface area contributed by atoms with Gasteiger partial charge in [0.15, 0.2) is 0 Å². The molecule has 0 aliphatic rings. The summed E-state index contributed by atoms with van der Waals surface area (Å²) in [6, 6.07) is 5.02. The minimum atomic E-state index is -0.165. The minimum absolute atomic E-state index is 0.165. The van der Waals surface area contributed by atoms with Gasteiger partial charge < -0.3 is 10.6 Å². The average Bonchev–Trinajstić information content (AvgIpc) is 2.20. The molecule has 1 aromatic rings. The summed E-state index contributed by atoms with van der Waals surface area (Å²) >= 11 is 13.9. The van der Waals surface area contributed by atoms with Crippen molar-refractivity contribution in [2.75, 3.05) is 13.6 Å². The molecule has 0 spiro atoms. The van der Waals surface area contributed by atoms with E-state index in [2.05, 4.69) is 15.9 Å². The molecule has 0 unspecified atom stereocenters. The van der Waals surface area contributed by atoms with E-state index in [0.29, 0.717) is 10.6 Å². The number of carbonyl (C=O) groups is 1. The van der Waals surface area contributed by atoms with Crippen LogP contribution < -0.4 is 5.73 Å². The Bertz CT molecular complexity index is 439. The molecule has 0 fully saturated rings. The monoisotopic (exact) mass is 320 g/mol. The largest absolute Gasteiger partial charge is 0.392 e. The van der Waals surface area contributed by atoms with E-state index in [4.69, 9.17) is 29.6 Å². The average molecular weight is 322 g/mol. The van der Waals surface area contributed by atoms with Crippen LogP contribution in [0.3, 0.4) is 0 Å². The van der Waals surface area contributed by atoms with Gasteiger partial charge in [0, 0.05) is 17.1 Å². The second-order valence-electron chi connectivity index (χ2n) is 3.26. The maximum atomic E-state index is 11.9. The van der Waals surface area contributed by atoms with Gasteiger partial charge in [0.2, 0.25) is 0 Å². The van der Waals surface area contributed by atoms with Crippen LogP contribution in [0.1, 0.15) is 10.4 Å². The van der Waals surface area contributed by atoms with Gasteiger partial charge in [-0.2, -0.15) is 0 Å². The first kappa shape index (κ1) is 13.4. The fourth-order valence-corrected chi connectivity index (χ4v) is 1.78. The lowest BCUT2D eigenvalue weighted by Crippen LogP contribution is -2.34. The molecule has 2 N–H and O–H groups in total. The third-order valence-corrected chi connectivity index (χ3v) is 3.27. The van der Waals surface area contributed by atoms with Crippen LogP contribution in [-0.2, 0) is 0 Å². The Labute approximate surface area is 113 Å². The third kappa shape index (κ3) is 3.43. The first-order valence-corrected chi connectivity index (χ1v) is 5.98. The Kier molecular flexibility index (Phi) is 4.70. The Morgan fingerprint density at radius 2 is 2.25 bits per heavy atom. The van der Waals surface area contributed by atoms with Gasteiger partial charge in [-0.1, -0.05) is 23.8 Å². The second kappa shape index (κ2) is 5.61. The normalized spacial score (nSPS) is 9.94. The zero-order valence-corrected chi connectivity index (χ0v) is 11.7. The maximum absolute atomic E-state index is 11.9. The number of likely N-dealkylation sites (N-methyl/N-ethyl adjacent to an activating group) is 1. The van der Waals surface area contributed by atoms with Gasteiger partial charge in [0.1, 0.15) is 0 Å². The first-order chi connectivity index (χ1) is 7.41. The van der Waals surface area contributed by atoms with Gasteiger partial charge in [-0.25, -0.2) is 0 Å². The Morgan fingerprint density at radius 1 is 1.62 bits per heavy atom. The molecule has 6 heteroatoms. The van der Waals surface area contributed by atoms with Crippen LogP contribution in [0.5, 0.6) is 0 Å². The number of rotatable bonds is 3. The maximum Gasteiger partial charge on any atom is 0.254 e. The number of carbonyl (C=O) groups excluding carboxylic acids is 1. The van der Waals surface area contributed by atoms with Crippen molar-refractivity contribution >= 4 is 50.6 Å². The highest BCUT2D eigenvalue weighted by molar-refractivity contribution is 9.10. The standard InChI is InChI=1S/C10H10BrClN2OS/c1-14(5-9(13)16)10(15)6-2-3-7(11)8(12)4-6/h2-4H,5H2,1H3,(H2,13,16). The summed E-state index contributed by atoms with van der Waals surface area (Å²) in [5.41, 5.74) is 5.87. The molecule has 1 amide bonds. The van der Waals surface area contributed by atoms with Crippen LogP contribution in [0, 0.1) is 0 Å². The molecule has 0 heterocycles. The van der Waals surface area contributed by atoms with E-state index in [1.807, 2.05) is 0 Å². The molecular formula is C10H10BrClN2OS. The fraction of sp³-hybridized carbons (Fsp3) is 0.200. The van der Waals surface area contributed by atoms with Crippen molar-refractivity contribution in [1.82, 2.24) is 4.90 Å². The number of nitrogens with two attached hydrogens (primary N) is 1. The Hall–Kier alpha value is -0.650. The molecule has 0 radical (unpaired) electrons. The lowest BCUT2D eigenvalue weighted by molar-refractivity contribution is 0.0815. The molecule has 0 saturated heterocycles. The molecule has 0 bridgehead atoms. The van der Waals surface area contributed by atoms with Crippen molar-refractivity contribution in [3.05, 3.63) is 33.3 Å². The molecule has 0 saturated carbocycles. The van der Waals surface area contributed by atoms with Gasteiger partial charge >= 0.3 is 0 Å². The molecule has 3 nitrogen and oxygen atoms in total. The number of nitrogens with zero attached hydrogens (tertiary/aromatic N) is 1. The summed E-state index contributed by atoms with van der Waals surface area (Å²) < 4.78 is 0.753. The topological polar surface area (TPSA) is 46.3 Å². The van der Waals surface area contributed by atoms with Crippen molar-refractivity contribution in [2.45, 2.75) is 0 Å². The van der Waals surface area contributed by atoms with E-state index in [1.165, 1.54) is 4.90 Å². The van der Waals surface area contributed by atoms with E-state index >= 15 is 0 Å². The van der Waals surface area contributed by atoms with Crippen molar-refractivity contribution in [2.24, 2.45) is 5.73 Å². The summed E-state index contributed by atoms with van der Waals surface area (Å²) in [5.74, 6) is -0.165. The number of thiocarbonyl (C=S) groups is 1. The quantitative estimate of drug-likeness (QED) is 0.870. The van der Waals surface area contributed by atoms with Gasteiger partial charge in [-0.05, 0) is 34.1 Å². The van der Waals surface area contributed by atoms with Crippen molar-refractivity contribution < 1.29 is 4.79 Å². The summed E-state index contributed by atoms with van der Waals surface area (Å²) in [4.78, 5) is 13.6. The number of hydrogen-bond donors (Lipinski definition) is 1. The first-order valence-electron chi connectivity index (χ1n) is 4.40. The summed E-state index contributed by atoms with van der Waals surface area (Å²) in [6.07, 6.45) is 0. The van der Waals surface area contributed by atoms with Crippen LogP contribution in [0.15, 0.2) is 22.7 Å². The predicted octanol–water partition coefficient (Wildman–Crippen LogP) is 2.46. The molecule has 16 heavy (non-hydrogen) atoms.